The fraction of sp³-hybridized carbons (Fsp3) is 0.211. The minimum atomic E-state index is -0.180. The van der Waals surface area contributed by atoms with Crippen LogP contribution in [0.2, 0.25) is 0 Å². The monoisotopic (exact) mass is 321 g/mol. The van der Waals surface area contributed by atoms with E-state index >= 15 is 0 Å². The van der Waals surface area contributed by atoms with Gasteiger partial charge in [0.25, 0.3) is 5.56 Å². The lowest BCUT2D eigenvalue weighted by molar-refractivity contribution is -0.130. The largest absolute Gasteiger partial charge is 0.338 e. The summed E-state index contributed by atoms with van der Waals surface area (Å²) in [5.41, 5.74) is 1.60. The van der Waals surface area contributed by atoms with Crippen molar-refractivity contribution in [1.82, 2.24) is 14.9 Å². The fourth-order valence-corrected chi connectivity index (χ4v) is 2.61. The summed E-state index contributed by atoms with van der Waals surface area (Å²) in [4.78, 5) is 33.1. The molecular formula is C19H19N3O2. The van der Waals surface area contributed by atoms with Crippen molar-refractivity contribution in [2.75, 3.05) is 7.05 Å². The second-order valence-electron chi connectivity index (χ2n) is 5.77. The van der Waals surface area contributed by atoms with Crippen molar-refractivity contribution in [2.45, 2.75) is 19.4 Å². The molecule has 2 aromatic carbocycles. The molecule has 1 aromatic heterocycles. The SMILES string of the molecule is CN(Cc1nc2ccccc2c(=O)[nH]1)C(=O)CCc1ccccc1. The number of hydrogen-bond acceptors (Lipinski definition) is 3. The quantitative estimate of drug-likeness (QED) is 0.785. The van der Waals surface area contributed by atoms with Gasteiger partial charge in [-0.05, 0) is 24.1 Å². The average molecular weight is 321 g/mol. The number of aromatic amines is 1. The third-order valence-corrected chi connectivity index (χ3v) is 3.94. The number of aromatic nitrogens is 2. The van der Waals surface area contributed by atoms with E-state index in [1.54, 1.807) is 30.1 Å². The Bertz CT molecular complexity index is 903. The Balaban J connectivity index is 1.67. The lowest BCUT2D eigenvalue weighted by Crippen LogP contribution is -2.28. The van der Waals surface area contributed by atoms with Gasteiger partial charge in [-0.2, -0.15) is 0 Å². The molecule has 5 nitrogen and oxygen atoms in total. The number of benzene rings is 2. The average Bonchev–Trinajstić information content (AvgIpc) is 2.60. The molecule has 0 spiro atoms. The van der Waals surface area contributed by atoms with Gasteiger partial charge in [0.05, 0.1) is 17.4 Å². The third kappa shape index (κ3) is 3.68. The third-order valence-electron chi connectivity index (χ3n) is 3.94. The number of nitrogens with zero attached hydrogens (tertiary/aromatic N) is 2. The molecule has 0 saturated heterocycles. The Morgan fingerprint density at radius 1 is 1.08 bits per heavy atom. The van der Waals surface area contributed by atoms with Gasteiger partial charge in [0, 0.05) is 13.5 Å². The Morgan fingerprint density at radius 2 is 1.79 bits per heavy atom. The zero-order chi connectivity index (χ0) is 16.9. The fourth-order valence-electron chi connectivity index (χ4n) is 2.61. The molecule has 24 heavy (non-hydrogen) atoms. The van der Waals surface area contributed by atoms with E-state index in [2.05, 4.69) is 9.97 Å². The van der Waals surface area contributed by atoms with Gasteiger partial charge >= 0.3 is 0 Å². The van der Waals surface area contributed by atoms with E-state index < -0.39 is 0 Å². The van der Waals surface area contributed by atoms with Crippen LogP contribution in [0.1, 0.15) is 17.8 Å². The first-order valence-corrected chi connectivity index (χ1v) is 7.89. The van der Waals surface area contributed by atoms with Crippen LogP contribution in [0.5, 0.6) is 0 Å². The van der Waals surface area contributed by atoms with Crippen molar-refractivity contribution in [3.8, 4) is 0 Å². The summed E-state index contributed by atoms with van der Waals surface area (Å²) in [7, 11) is 1.72. The summed E-state index contributed by atoms with van der Waals surface area (Å²) in [6.07, 6.45) is 1.13. The standard InChI is InChI=1S/C19H19N3O2/c1-22(18(23)12-11-14-7-3-2-4-8-14)13-17-20-16-10-6-5-9-15(16)19(24)21-17/h2-10H,11-13H2,1H3,(H,20,21,24). The van der Waals surface area contributed by atoms with E-state index in [4.69, 9.17) is 0 Å². The maximum atomic E-state index is 12.3. The molecule has 122 valence electrons. The van der Waals surface area contributed by atoms with Crippen LogP contribution in [0.25, 0.3) is 10.9 Å². The highest BCUT2D eigenvalue weighted by Crippen LogP contribution is 2.08. The molecule has 0 fully saturated rings. The zero-order valence-electron chi connectivity index (χ0n) is 13.5. The molecule has 1 heterocycles. The van der Waals surface area contributed by atoms with Crippen LogP contribution in [-0.2, 0) is 17.8 Å². The highest BCUT2D eigenvalue weighted by Gasteiger charge is 2.12. The maximum absolute atomic E-state index is 12.3. The Kier molecular flexibility index (Phi) is 4.70. The predicted molar refractivity (Wildman–Crippen MR) is 93.6 cm³/mol. The number of hydrogen-bond donors (Lipinski definition) is 1. The van der Waals surface area contributed by atoms with Gasteiger partial charge < -0.3 is 9.88 Å². The van der Waals surface area contributed by atoms with Crippen LogP contribution in [0.4, 0.5) is 0 Å². The normalized spacial score (nSPS) is 10.7. The Hall–Kier alpha value is -2.95. The first-order valence-electron chi connectivity index (χ1n) is 7.89. The van der Waals surface area contributed by atoms with Crippen LogP contribution in [0, 0.1) is 0 Å². The molecule has 0 radical (unpaired) electrons. The van der Waals surface area contributed by atoms with Crippen LogP contribution in [0.3, 0.4) is 0 Å². The number of carbonyl (C=O) groups is 1. The number of fused-ring (bicyclic) bond motifs is 1. The van der Waals surface area contributed by atoms with Gasteiger partial charge in [0.1, 0.15) is 5.82 Å². The second-order valence-corrected chi connectivity index (χ2v) is 5.77. The summed E-state index contributed by atoms with van der Waals surface area (Å²) in [5.74, 6) is 0.518. The predicted octanol–water partition coefficient (Wildman–Crippen LogP) is 2.51. The van der Waals surface area contributed by atoms with E-state index in [9.17, 15) is 9.59 Å². The van der Waals surface area contributed by atoms with Crippen molar-refractivity contribution in [3.05, 3.63) is 76.3 Å². The van der Waals surface area contributed by atoms with E-state index in [1.165, 1.54) is 0 Å². The van der Waals surface area contributed by atoms with Gasteiger partial charge in [-0.15, -0.1) is 0 Å². The lowest BCUT2D eigenvalue weighted by atomic mass is 10.1. The van der Waals surface area contributed by atoms with Gasteiger partial charge in [-0.25, -0.2) is 4.98 Å². The molecular weight excluding hydrogens is 302 g/mol. The molecule has 0 aliphatic heterocycles. The number of H-pyrrole nitrogens is 1. The number of amides is 1. The first kappa shape index (κ1) is 15.9. The van der Waals surface area contributed by atoms with Gasteiger partial charge in [0.15, 0.2) is 0 Å². The Labute approximate surface area is 140 Å². The second kappa shape index (κ2) is 7.08. The van der Waals surface area contributed by atoms with Crippen LogP contribution in [0.15, 0.2) is 59.4 Å². The molecule has 3 aromatic rings. The summed E-state index contributed by atoms with van der Waals surface area (Å²) in [6, 6.07) is 17.1. The minimum absolute atomic E-state index is 0.0228. The van der Waals surface area contributed by atoms with E-state index in [0.29, 0.717) is 29.6 Å². The number of aryl methyl sites for hydroxylation is 1. The highest BCUT2D eigenvalue weighted by molar-refractivity contribution is 5.77. The summed E-state index contributed by atoms with van der Waals surface area (Å²) in [6.45, 7) is 0.285. The maximum Gasteiger partial charge on any atom is 0.258 e. The molecule has 0 atom stereocenters. The van der Waals surface area contributed by atoms with Gasteiger partial charge in [-0.3, -0.25) is 9.59 Å². The van der Waals surface area contributed by atoms with Crippen molar-refractivity contribution in [1.29, 1.82) is 0 Å². The summed E-state index contributed by atoms with van der Waals surface area (Å²) in [5, 5.41) is 0.555. The lowest BCUT2D eigenvalue weighted by Gasteiger charge is -2.16. The van der Waals surface area contributed by atoms with Crippen molar-refractivity contribution >= 4 is 16.8 Å². The summed E-state index contributed by atoms with van der Waals surface area (Å²) < 4.78 is 0. The topological polar surface area (TPSA) is 66.1 Å². The number of para-hydroxylation sites is 1. The van der Waals surface area contributed by atoms with E-state index in [0.717, 1.165) is 5.56 Å². The van der Waals surface area contributed by atoms with Crippen LogP contribution >= 0.6 is 0 Å². The number of rotatable bonds is 5. The Morgan fingerprint density at radius 3 is 2.58 bits per heavy atom. The van der Waals surface area contributed by atoms with E-state index in [1.807, 2.05) is 36.4 Å². The van der Waals surface area contributed by atoms with Crippen LogP contribution < -0.4 is 5.56 Å². The van der Waals surface area contributed by atoms with Gasteiger partial charge in [-0.1, -0.05) is 42.5 Å². The number of carbonyl (C=O) groups excluding carboxylic acids is 1. The van der Waals surface area contributed by atoms with Crippen LogP contribution in [-0.4, -0.2) is 27.8 Å². The summed E-state index contributed by atoms with van der Waals surface area (Å²) >= 11 is 0. The molecule has 0 aliphatic carbocycles. The molecule has 3 rings (SSSR count). The first-order chi connectivity index (χ1) is 11.6. The smallest absolute Gasteiger partial charge is 0.258 e. The van der Waals surface area contributed by atoms with E-state index in [-0.39, 0.29) is 18.0 Å². The molecule has 1 N–H and O–H groups in total. The molecule has 0 bridgehead atoms. The molecule has 0 aliphatic rings. The minimum Gasteiger partial charge on any atom is -0.338 e. The van der Waals surface area contributed by atoms with Crippen molar-refractivity contribution in [3.63, 3.8) is 0 Å². The molecule has 0 saturated carbocycles. The molecule has 0 unspecified atom stereocenters. The molecule has 5 heteroatoms. The van der Waals surface area contributed by atoms with Crippen molar-refractivity contribution < 1.29 is 4.79 Å². The van der Waals surface area contributed by atoms with Crippen molar-refractivity contribution in [2.24, 2.45) is 0 Å². The number of nitrogens with one attached hydrogen (secondary N) is 1. The van der Waals surface area contributed by atoms with Gasteiger partial charge in [0.2, 0.25) is 5.91 Å². The highest BCUT2D eigenvalue weighted by atomic mass is 16.2. The molecule has 1 amide bonds. The zero-order valence-corrected chi connectivity index (χ0v) is 13.5.